The predicted molar refractivity (Wildman–Crippen MR) is 154 cm³/mol. The maximum Gasteiger partial charge on any atom is 0.295 e. The second-order valence-corrected chi connectivity index (χ2v) is 10.4. The number of carbonyl (C=O) groups excluding carboxylic acids is 2. The minimum Gasteiger partial charge on any atom is -0.507 e. The molecule has 7 nitrogen and oxygen atoms in total. The highest BCUT2D eigenvalue weighted by atomic mass is 79.9. The minimum absolute atomic E-state index is 0.0645. The van der Waals surface area contributed by atoms with Crippen LogP contribution in [-0.4, -0.2) is 67.0 Å². The van der Waals surface area contributed by atoms with E-state index in [1.165, 1.54) is 0 Å². The van der Waals surface area contributed by atoms with Gasteiger partial charge < -0.3 is 24.4 Å². The van der Waals surface area contributed by atoms with Gasteiger partial charge in [-0.05, 0) is 63.2 Å². The number of aliphatic hydroxyl groups excluding tert-OH is 1. The largest absolute Gasteiger partial charge is 0.507 e. The average molecular weight is 588 g/mol. The fraction of sp³-hybridized carbons (Fsp3) is 0.467. The number of benzene rings is 2. The number of likely N-dealkylation sites (tertiary alicyclic amines) is 1. The second-order valence-electron chi connectivity index (χ2n) is 9.51. The van der Waals surface area contributed by atoms with Crippen LogP contribution < -0.4 is 9.47 Å². The highest BCUT2D eigenvalue weighted by Gasteiger charge is 2.46. The number of ketones is 1. The highest BCUT2D eigenvalue weighted by Crippen LogP contribution is 2.43. The van der Waals surface area contributed by atoms with Crippen molar-refractivity contribution in [1.29, 1.82) is 0 Å². The van der Waals surface area contributed by atoms with E-state index in [9.17, 15) is 14.7 Å². The summed E-state index contributed by atoms with van der Waals surface area (Å²) in [5, 5.41) is 11.3. The predicted octanol–water partition coefficient (Wildman–Crippen LogP) is 6.18. The van der Waals surface area contributed by atoms with Crippen LogP contribution in [0.25, 0.3) is 5.76 Å². The number of unbranched alkanes of at least 4 members (excludes halogenated alkanes) is 2. The van der Waals surface area contributed by atoms with Gasteiger partial charge in [0.25, 0.3) is 11.7 Å². The molecule has 2 aromatic carbocycles. The number of hydrogen-bond acceptors (Lipinski definition) is 6. The summed E-state index contributed by atoms with van der Waals surface area (Å²) in [7, 11) is 3.11. The first-order valence-electron chi connectivity index (χ1n) is 13.3. The molecule has 38 heavy (non-hydrogen) atoms. The maximum atomic E-state index is 13.4. The van der Waals surface area contributed by atoms with Crippen LogP contribution in [0.3, 0.4) is 0 Å². The Bertz CT molecular complexity index is 1120. The van der Waals surface area contributed by atoms with Gasteiger partial charge in [-0.15, -0.1) is 0 Å². The molecule has 0 aromatic heterocycles. The van der Waals surface area contributed by atoms with Crippen molar-refractivity contribution >= 4 is 33.4 Å². The van der Waals surface area contributed by atoms with Crippen LogP contribution in [-0.2, 0) is 9.59 Å². The first kappa shape index (κ1) is 29.7. The van der Waals surface area contributed by atoms with Crippen LogP contribution >= 0.6 is 15.9 Å². The maximum absolute atomic E-state index is 13.4. The van der Waals surface area contributed by atoms with Gasteiger partial charge in [0.05, 0.1) is 25.8 Å². The first-order chi connectivity index (χ1) is 18.4. The van der Waals surface area contributed by atoms with Gasteiger partial charge in [0.1, 0.15) is 17.3 Å². The normalized spacial score (nSPS) is 16.9. The monoisotopic (exact) mass is 586 g/mol. The third-order valence-corrected chi connectivity index (χ3v) is 7.45. The van der Waals surface area contributed by atoms with E-state index >= 15 is 0 Å². The molecule has 1 fully saturated rings. The Kier molecular flexibility index (Phi) is 11.2. The lowest BCUT2D eigenvalue weighted by Crippen LogP contribution is -2.34. The van der Waals surface area contributed by atoms with Crippen LogP contribution in [0.2, 0.25) is 0 Å². The number of carbonyl (C=O) groups is 2. The third-order valence-electron chi connectivity index (χ3n) is 6.92. The summed E-state index contributed by atoms with van der Waals surface area (Å²) in [6.07, 6.45) is 5.23. The number of Topliss-reactive ketones (excluding diaryl/α,β-unsaturated/α-hetero) is 1. The molecule has 206 valence electrons. The number of nitrogens with zero attached hydrogens (tertiary/aromatic N) is 2. The van der Waals surface area contributed by atoms with Gasteiger partial charge in [-0.25, -0.2) is 0 Å². The summed E-state index contributed by atoms with van der Waals surface area (Å²) in [5.41, 5.74) is 1.16. The molecule has 0 spiro atoms. The fourth-order valence-corrected chi connectivity index (χ4v) is 5.07. The van der Waals surface area contributed by atoms with E-state index in [2.05, 4.69) is 34.7 Å². The van der Waals surface area contributed by atoms with Crippen LogP contribution in [0.1, 0.15) is 63.1 Å². The van der Waals surface area contributed by atoms with Crippen LogP contribution in [0.4, 0.5) is 0 Å². The van der Waals surface area contributed by atoms with E-state index < -0.39 is 17.7 Å². The quantitative estimate of drug-likeness (QED) is 0.162. The Morgan fingerprint density at radius 1 is 0.947 bits per heavy atom. The molecule has 0 aliphatic carbocycles. The Hall–Kier alpha value is -2.84. The number of amides is 1. The summed E-state index contributed by atoms with van der Waals surface area (Å²) >= 11 is 3.40. The summed E-state index contributed by atoms with van der Waals surface area (Å²) in [6.45, 7) is 7.64. The van der Waals surface area contributed by atoms with Crippen molar-refractivity contribution in [3.63, 3.8) is 0 Å². The molecule has 0 radical (unpaired) electrons. The van der Waals surface area contributed by atoms with Crippen molar-refractivity contribution in [3.05, 3.63) is 63.6 Å². The van der Waals surface area contributed by atoms with E-state index in [0.717, 1.165) is 49.8 Å². The molecule has 1 N–H and O–H groups in total. The molecule has 1 heterocycles. The summed E-state index contributed by atoms with van der Waals surface area (Å²) in [6, 6.07) is 11.5. The summed E-state index contributed by atoms with van der Waals surface area (Å²) < 4.78 is 11.9. The van der Waals surface area contributed by atoms with Gasteiger partial charge in [-0.2, -0.15) is 0 Å². The SMILES string of the molecule is CCCCN(CCCC)CCCN1C(=O)C(=O)/C(=C(\O)c2ccc(Br)cc2)C1c1ccc(OC)cc1OC. The van der Waals surface area contributed by atoms with Crippen molar-refractivity contribution in [2.45, 2.75) is 52.0 Å². The minimum atomic E-state index is -0.778. The average Bonchev–Trinajstić information content (AvgIpc) is 3.18. The molecule has 1 aliphatic heterocycles. The fourth-order valence-electron chi connectivity index (χ4n) is 4.81. The lowest BCUT2D eigenvalue weighted by molar-refractivity contribution is -0.140. The highest BCUT2D eigenvalue weighted by molar-refractivity contribution is 9.10. The van der Waals surface area contributed by atoms with Gasteiger partial charge in [0.2, 0.25) is 0 Å². The zero-order valence-corrected chi connectivity index (χ0v) is 24.4. The standard InChI is InChI=1S/C30H39BrN2O5/c1-5-7-16-32(17-8-6-2)18-9-19-33-27(24-15-14-23(37-3)20-25(24)38-4)26(29(35)30(33)36)28(34)21-10-12-22(31)13-11-21/h10-15,20,27,34H,5-9,16-19H2,1-4H3/b28-26-. The molecule has 8 heteroatoms. The molecule has 1 saturated heterocycles. The number of aliphatic hydroxyl groups is 1. The zero-order valence-electron chi connectivity index (χ0n) is 22.8. The molecule has 1 amide bonds. The summed E-state index contributed by atoms with van der Waals surface area (Å²) in [4.78, 5) is 30.8. The summed E-state index contributed by atoms with van der Waals surface area (Å²) in [5.74, 6) is -0.426. The lowest BCUT2D eigenvalue weighted by atomic mass is 9.94. The van der Waals surface area contributed by atoms with E-state index in [1.54, 1.807) is 61.6 Å². The van der Waals surface area contributed by atoms with Crippen molar-refractivity contribution < 1.29 is 24.2 Å². The molecule has 1 aliphatic rings. The Labute approximate surface area is 234 Å². The molecule has 0 saturated carbocycles. The van der Waals surface area contributed by atoms with E-state index in [0.29, 0.717) is 35.6 Å². The Morgan fingerprint density at radius 2 is 1.58 bits per heavy atom. The topological polar surface area (TPSA) is 79.3 Å². The van der Waals surface area contributed by atoms with Crippen molar-refractivity contribution in [3.8, 4) is 11.5 Å². The van der Waals surface area contributed by atoms with Gasteiger partial charge >= 0.3 is 0 Å². The first-order valence-corrected chi connectivity index (χ1v) is 14.1. The van der Waals surface area contributed by atoms with Gasteiger partial charge in [-0.3, -0.25) is 9.59 Å². The Balaban J connectivity index is 2.00. The van der Waals surface area contributed by atoms with Crippen molar-refractivity contribution in [2.24, 2.45) is 0 Å². The van der Waals surface area contributed by atoms with Crippen LogP contribution in [0, 0.1) is 0 Å². The number of hydrogen-bond donors (Lipinski definition) is 1. The number of methoxy groups -OCH3 is 2. The van der Waals surface area contributed by atoms with Crippen molar-refractivity contribution in [1.82, 2.24) is 9.80 Å². The zero-order chi connectivity index (χ0) is 27.7. The number of halogens is 1. The van der Waals surface area contributed by atoms with Gasteiger partial charge in [0, 0.05) is 28.2 Å². The van der Waals surface area contributed by atoms with E-state index in [-0.39, 0.29) is 11.3 Å². The molecule has 0 bridgehead atoms. The lowest BCUT2D eigenvalue weighted by Gasteiger charge is -2.28. The van der Waals surface area contributed by atoms with E-state index in [1.807, 2.05) is 0 Å². The second kappa shape index (κ2) is 14.4. The van der Waals surface area contributed by atoms with Crippen LogP contribution in [0.5, 0.6) is 11.5 Å². The van der Waals surface area contributed by atoms with E-state index in [4.69, 9.17) is 9.47 Å². The molecule has 1 atom stereocenters. The van der Waals surface area contributed by atoms with Crippen molar-refractivity contribution in [2.75, 3.05) is 40.4 Å². The molecular formula is C30H39BrN2O5. The third kappa shape index (κ3) is 6.97. The molecule has 1 unspecified atom stereocenters. The Morgan fingerprint density at radius 3 is 2.16 bits per heavy atom. The number of rotatable bonds is 14. The van der Waals surface area contributed by atoms with Gasteiger partial charge in [0.15, 0.2) is 0 Å². The molecule has 2 aromatic rings. The van der Waals surface area contributed by atoms with Crippen LogP contribution in [0.15, 0.2) is 52.5 Å². The molecular weight excluding hydrogens is 548 g/mol. The smallest absolute Gasteiger partial charge is 0.295 e. The van der Waals surface area contributed by atoms with Gasteiger partial charge in [-0.1, -0.05) is 54.8 Å². The number of ether oxygens (including phenoxy) is 2. The molecule has 3 rings (SSSR count).